The van der Waals surface area contributed by atoms with Crippen molar-refractivity contribution < 1.29 is 32.7 Å². The Bertz CT molecular complexity index is 1380. The average Bonchev–Trinajstić information content (AvgIpc) is 3.69. The van der Waals surface area contributed by atoms with Crippen LogP contribution in [-0.4, -0.2) is 71.3 Å². The molecule has 4 amide bonds. The van der Waals surface area contributed by atoms with Gasteiger partial charge < -0.3 is 25.6 Å². The molecule has 0 aromatic heterocycles. The van der Waals surface area contributed by atoms with Crippen molar-refractivity contribution in [1.82, 2.24) is 20.9 Å². The molecule has 1 saturated heterocycles. The van der Waals surface area contributed by atoms with E-state index in [9.17, 15) is 28.0 Å². The van der Waals surface area contributed by atoms with Crippen LogP contribution in [0.25, 0.3) is 0 Å². The number of carbonyl (C=O) groups excluding carboxylic acids is 4. The van der Waals surface area contributed by atoms with Gasteiger partial charge in [-0.1, -0.05) is 42.5 Å². The Labute approximate surface area is 262 Å². The van der Waals surface area contributed by atoms with Crippen molar-refractivity contribution in [3.05, 3.63) is 65.7 Å². The van der Waals surface area contributed by atoms with E-state index < -0.39 is 47.3 Å². The van der Waals surface area contributed by atoms with E-state index in [1.54, 1.807) is 4.90 Å². The SMILES string of the molecule is CC(F)(F)C1(NC(=O)[C@@H]2CCCCOc3cccc(c3)C[C@H](N3CCCC3=O)C(=O)N[C@@H](CCc3ccccc3)C(=O)N2)CC1. The number of hydrogen-bond acceptors (Lipinski definition) is 5. The maximum Gasteiger partial charge on any atom is 0.267 e. The minimum absolute atomic E-state index is 0.124. The number of ether oxygens (including phenoxy) is 1. The lowest BCUT2D eigenvalue weighted by molar-refractivity contribution is -0.139. The lowest BCUT2D eigenvalue weighted by Gasteiger charge is -2.30. The fraction of sp³-hybridized carbons (Fsp3) is 0.529. The first kappa shape index (κ1) is 32.4. The highest BCUT2D eigenvalue weighted by Crippen LogP contribution is 2.47. The number of nitrogens with one attached hydrogen (secondary N) is 3. The zero-order valence-electron chi connectivity index (χ0n) is 25.7. The van der Waals surface area contributed by atoms with Crippen molar-refractivity contribution in [3.63, 3.8) is 0 Å². The molecule has 0 unspecified atom stereocenters. The molecule has 2 bridgehead atoms. The molecule has 2 aliphatic heterocycles. The standard InChI is InChI=1S/C34H42F2N4O5/c1-33(35,36)34(17-18-34)39-31(43)26-13-5-6-20-45-25-12-7-11-24(21-25)22-28(40-19-8-14-29(40)41)32(44)38-27(30(42)37-26)16-15-23-9-3-2-4-10-23/h2-4,7,9-12,21,26-28H,5-6,8,13-20,22H2,1H3,(H,37,42)(H,38,44)(H,39,43)/t26-,27-,28-/m0/s1. The number of hydrogen-bond donors (Lipinski definition) is 3. The van der Waals surface area contributed by atoms with Gasteiger partial charge in [-0.15, -0.1) is 0 Å². The maximum atomic E-state index is 14.3. The van der Waals surface area contributed by atoms with E-state index >= 15 is 0 Å². The van der Waals surface area contributed by atoms with E-state index in [2.05, 4.69) is 16.0 Å². The molecular formula is C34H42F2N4O5. The van der Waals surface area contributed by atoms with Crippen LogP contribution in [0.4, 0.5) is 8.78 Å². The Morgan fingerprint density at radius 1 is 1.02 bits per heavy atom. The number of halogens is 2. The molecule has 2 aromatic carbocycles. The lowest BCUT2D eigenvalue weighted by Crippen LogP contribution is -2.59. The smallest absolute Gasteiger partial charge is 0.267 e. The quantitative estimate of drug-likeness (QED) is 0.435. The Balaban J connectivity index is 1.42. The molecule has 0 radical (unpaired) electrons. The van der Waals surface area contributed by atoms with Crippen LogP contribution in [0.3, 0.4) is 0 Å². The molecule has 9 nitrogen and oxygen atoms in total. The van der Waals surface area contributed by atoms with Gasteiger partial charge in [0.15, 0.2) is 0 Å². The Hall–Kier alpha value is -4.02. The largest absolute Gasteiger partial charge is 0.494 e. The third-order valence-electron chi connectivity index (χ3n) is 9.06. The highest BCUT2D eigenvalue weighted by atomic mass is 19.3. The number of alkyl halides is 2. The van der Waals surface area contributed by atoms with Crippen LogP contribution in [0.15, 0.2) is 54.6 Å². The van der Waals surface area contributed by atoms with E-state index in [0.717, 1.165) is 18.1 Å². The summed E-state index contributed by atoms with van der Waals surface area (Å²) in [5.41, 5.74) is 0.169. The number of aryl methyl sites for hydroxylation is 1. The fourth-order valence-electron chi connectivity index (χ4n) is 6.12. The van der Waals surface area contributed by atoms with Crippen molar-refractivity contribution in [1.29, 1.82) is 0 Å². The van der Waals surface area contributed by atoms with Crippen LogP contribution in [0.1, 0.15) is 69.4 Å². The first-order chi connectivity index (χ1) is 21.5. The molecule has 242 valence electrons. The van der Waals surface area contributed by atoms with Crippen molar-refractivity contribution in [2.45, 2.75) is 101 Å². The second-order valence-corrected chi connectivity index (χ2v) is 12.5. The number of rotatable bonds is 7. The minimum Gasteiger partial charge on any atom is -0.494 e. The van der Waals surface area contributed by atoms with Crippen LogP contribution in [0.2, 0.25) is 0 Å². The Morgan fingerprint density at radius 3 is 2.49 bits per heavy atom. The first-order valence-electron chi connectivity index (χ1n) is 15.9. The van der Waals surface area contributed by atoms with Gasteiger partial charge in [0.25, 0.3) is 5.92 Å². The third kappa shape index (κ3) is 8.18. The van der Waals surface area contributed by atoms with Gasteiger partial charge in [0.05, 0.1) is 6.61 Å². The number of amides is 4. The van der Waals surface area contributed by atoms with Crippen LogP contribution >= 0.6 is 0 Å². The summed E-state index contributed by atoms with van der Waals surface area (Å²) in [6, 6.07) is 13.9. The second-order valence-electron chi connectivity index (χ2n) is 12.5. The number of carbonyl (C=O) groups is 4. The van der Waals surface area contributed by atoms with Gasteiger partial charge >= 0.3 is 0 Å². The molecule has 3 atom stereocenters. The number of nitrogens with zero attached hydrogens (tertiary/aromatic N) is 1. The topological polar surface area (TPSA) is 117 Å². The Kier molecular flexibility index (Phi) is 10.0. The van der Waals surface area contributed by atoms with E-state index in [4.69, 9.17) is 4.74 Å². The van der Waals surface area contributed by atoms with Crippen LogP contribution < -0.4 is 20.7 Å². The molecule has 3 aliphatic rings. The minimum atomic E-state index is -3.11. The van der Waals surface area contributed by atoms with E-state index in [1.807, 2.05) is 54.6 Å². The molecular weight excluding hydrogens is 582 g/mol. The summed E-state index contributed by atoms with van der Waals surface area (Å²) in [7, 11) is 0. The Morgan fingerprint density at radius 2 is 1.80 bits per heavy atom. The first-order valence-corrected chi connectivity index (χ1v) is 15.9. The van der Waals surface area contributed by atoms with Gasteiger partial charge in [0.1, 0.15) is 29.4 Å². The highest BCUT2D eigenvalue weighted by Gasteiger charge is 2.60. The fourth-order valence-corrected chi connectivity index (χ4v) is 6.12. The van der Waals surface area contributed by atoms with Crippen molar-refractivity contribution in [2.75, 3.05) is 13.2 Å². The van der Waals surface area contributed by atoms with Gasteiger partial charge in [-0.05, 0) is 74.6 Å². The molecule has 11 heteroatoms. The molecule has 1 aliphatic carbocycles. The van der Waals surface area contributed by atoms with E-state index in [1.165, 1.54) is 0 Å². The normalized spacial score (nSPS) is 24.3. The third-order valence-corrected chi connectivity index (χ3v) is 9.06. The van der Waals surface area contributed by atoms with Gasteiger partial charge in [-0.3, -0.25) is 19.2 Å². The van der Waals surface area contributed by atoms with Gasteiger partial charge in [0.2, 0.25) is 23.6 Å². The second kappa shape index (κ2) is 14.0. The molecule has 2 fully saturated rings. The molecule has 0 spiro atoms. The molecule has 2 aromatic rings. The molecule has 45 heavy (non-hydrogen) atoms. The van der Waals surface area contributed by atoms with E-state index in [-0.39, 0.29) is 38.0 Å². The van der Waals surface area contributed by atoms with E-state index in [0.29, 0.717) is 51.0 Å². The zero-order valence-corrected chi connectivity index (χ0v) is 25.7. The van der Waals surface area contributed by atoms with Gasteiger partial charge in [-0.2, -0.15) is 0 Å². The van der Waals surface area contributed by atoms with Crippen LogP contribution in [-0.2, 0) is 32.0 Å². The molecule has 2 heterocycles. The summed E-state index contributed by atoms with van der Waals surface area (Å²) in [5, 5.41) is 8.18. The summed E-state index contributed by atoms with van der Waals surface area (Å²) in [6.45, 7) is 1.57. The summed E-state index contributed by atoms with van der Waals surface area (Å²) in [5.74, 6) is -4.34. The lowest BCUT2D eigenvalue weighted by atomic mass is 10.0. The monoisotopic (exact) mass is 624 g/mol. The average molecular weight is 625 g/mol. The van der Waals surface area contributed by atoms with Gasteiger partial charge in [-0.25, -0.2) is 8.78 Å². The summed E-state index contributed by atoms with van der Waals surface area (Å²) >= 11 is 0. The molecule has 1 saturated carbocycles. The van der Waals surface area contributed by atoms with Crippen LogP contribution in [0, 0.1) is 0 Å². The number of fused-ring (bicyclic) bond motifs is 2. The van der Waals surface area contributed by atoms with Crippen molar-refractivity contribution in [2.24, 2.45) is 0 Å². The highest BCUT2D eigenvalue weighted by molar-refractivity contribution is 5.94. The van der Waals surface area contributed by atoms with Crippen molar-refractivity contribution >= 4 is 23.6 Å². The number of likely N-dealkylation sites (tertiary alicyclic amines) is 1. The summed E-state index contributed by atoms with van der Waals surface area (Å²) in [4.78, 5) is 55.6. The predicted molar refractivity (Wildman–Crippen MR) is 164 cm³/mol. The van der Waals surface area contributed by atoms with Crippen LogP contribution in [0.5, 0.6) is 5.75 Å². The number of benzene rings is 2. The summed E-state index contributed by atoms with van der Waals surface area (Å²) < 4.78 is 34.6. The predicted octanol–water partition coefficient (Wildman–Crippen LogP) is 3.69. The maximum absolute atomic E-state index is 14.3. The van der Waals surface area contributed by atoms with Crippen molar-refractivity contribution in [3.8, 4) is 5.75 Å². The zero-order chi connectivity index (χ0) is 32.0. The van der Waals surface area contributed by atoms with Gasteiger partial charge in [0, 0.05) is 26.3 Å². The molecule has 5 rings (SSSR count). The molecule has 3 N–H and O–H groups in total. The summed E-state index contributed by atoms with van der Waals surface area (Å²) in [6.07, 6.45) is 3.50.